The van der Waals surface area contributed by atoms with Gasteiger partial charge in [-0.05, 0) is 24.6 Å². The molecule has 1 rings (SSSR count). The Bertz CT molecular complexity index is 362. The zero-order valence-electron chi connectivity index (χ0n) is 12.1. The molecule has 0 amide bonds. The molecule has 1 aliphatic rings. The van der Waals surface area contributed by atoms with Crippen LogP contribution >= 0.6 is 12.2 Å². The molecule has 0 bridgehead atoms. The Morgan fingerprint density at radius 1 is 1.26 bits per heavy atom. The molecule has 0 saturated carbocycles. The Labute approximate surface area is 120 Å². The Kier molecular flexibility index (Phi) is 5.62. The molecule has 19 heavy (non-hydrogen) atoms. The van der Waals surface area contributed by atoms with Crippen LogP contribution in [0.15, 0.2) is 0 Å². The molecule has 1 aliphatic heterocycles. The first-order chi connectivity index (χ1) is 8.79. The lowest BCUT2D eigenvalue weighted by Gasteiger charge is -2.39. The topological polar surface area (TPSA) is 43.4 Å². The maximum absolute atomic E-state index is 12.3. The monoisotopic (exact) mass is 286 g/mol. The van der Waals surface area contributed by atoms with Gasteiger partial charge in [-0.25, -0.2) is 0 Å². The van der Waals surface area contributed by atoms with Crippen molar-refractivity contribution in [3.63, 3.8) is 0 Å². The standard InChI is InChI=1S/C14H24NO3S/c1-15(2,3)11-14(9-5-4-6-10-19)12(16)7-8-13(17)18-14/h10H,4-9,11H2,1-3H3/q+1. The fourth-order valence-corrected chi connectivity index (χ4v) is 2.73. The zero-order chi connectivity index (χ0) is 14.5. The lowest BCUT2D eigenvalue weighted by atomic mass is 9.86. The van der Waals surface area contributed by atoms with Gasteiger partial charge in [-0.15, -0.1) is 0 Å². The molecule has 1 unspecified atom stereocenters. The highest BCUT2D eigenvalue weighted by molar-refractivity contribution is 7.78. The largest absolute Gasteiger partial charge is 0.445 e. The first-order valence-electron chi connectivity index (χ1n) is 6.78. The molecule has 1 saturated heterocycles. The summed E-state index contributed by atoms with van der Waals surface area (Å²) in [5, 5.41) is 1.71. The van der Waals surface area contributed by atoms with Crippen LogP contribution in [0.3, 0.4) is 0 Å². The number of nitrogens with zero attached hydrogens (tertiary/aromatic N) is 1. The molecule has 0 aromatic heterocycles. The van der Waals surface area contributed by atoms with Gasteiger partial charge in [0.05, 0.1) is 27.6 Å². The molecule has 1 heterocycles. The van der Waals surface area contributed by atoms with Gasteiger partial charge < -0.3 is 9.22 Å². The molecular weight excluding hydrogens is 262 g/mol. The Morgan fingerprint density at radius 3 is 2.53 bits per heavy atom. The number of ether oxygens (including phenoxy) is 1. The van der Waals surface area contributed by atoms with Crippen LogP contribution in [0.2, 0.25) is 0 Å². The number of carbonyl (C=O) groups excluding carboxylic acids is 2. The molecule has 0 aromatic carbocycles. The van der Waals surface area contributed by atoms with E-state index in [2.05, 4.69) is 0 Å². The highest BCUT2D eigenvalue weighted by atomic mass is 32.1. The van der Waals surface area contributed by atoms with Crippen molar-refractivity contribution in [3.05, 3.63) is 0 Å². The van der Waals surface area contributed by atoms with Crippen LogP contribution in [0.4, 0.5) is 0 Å². The maximum atomic E-state index is 12.3. The van der Waals surface area contributed by atoms with Gasteiger partial charge in [-0.1, -0.05) is 12.2 Å². The highest BCUT2D eigenvalue weighted by Gasteiger charge is 2.48. The fraction of sp³-hybridized carbons (Fsp3) is 0.786. The fourth-order valence-electron chi connectivity index (χ4n) is 2.56. The summed E-state index contributed by atoms with van der Waals surface area (Å²) in [5.74, 6) is -0.176. The maximum Gasteiger partial charge on any atom is 0.307 e. The summed E-state index contributed by atoms with van der Waals surface area (Å²) in [4.78, 5) is 23.9. The number of rotatable bonds is 7. The molecule has 0 aromatic rings. The van der Waals surface area contributed by atoms with Crippen LogP contribution in [0.25, 0.3) is 0 Å². The Hall–Kier alpha value is -0.810. The van der Waals surface area contributed by atoms with Crippen molar-refractivity contribution >= 4 is 29.3 Å². The number of hydrogen-bond acceptors (Lipinski definition) is 4. The number of Topliss-reactive ketones (excluding diaryl/α,β-unsaturated/α-hetero) is 1. The third-order valence-corrected chi connectivity index (χ3v) is 3.49. The van der Waals surface area contributed by atoms with Gasteiger partial charge in [0.1, 0.15) is 6.54 Å². The molecule has 1 fully saturated rings. The average molecular weight is 286 g/mol. The number of cyclic esters (lactones) is 1. The van der Waals surface area contributed by atoms with E-state index in [1.165, 1.54) is 0 Å². The second-order valence-electron chi connectivity index (χ2n) is 6.25. The number of ketones is 1. The number of likely N-dealkylation sites (N-methyl/N-ethyl adjacent to an activating group) is 1. The molecule has 108 valence electrons. The second kappa shape index (κ2) is 6.57. The van der Waals surface area contributed by atoms with Crippen molar-refractivity contribution in [1.29, 1.82) is 0 Å². The number of esters is 1. The van der Waals surface area contributed by atoms with Gasteiger partial charge in [0, 0.05) is 12.8 Å². The number of thiocarbonyl (C=S) groups is 1. The summed E-state index contributed by atoms with van der Waals surface area (Å²) in [6.07, 6.45) is 3.79. The number of carbonyl (C=O) groups is 2. The summed E-state index contributed by atoms with van der Waals surface area (Å²) in [5.41, 5.74) is -0.922. The highest BCUT2D eigenvalue weighted by Crippen LogP contribution is 2.30. The van der Waals surface area contributed by atoms with Gasteiger partial charge in [0.2, 0.25) is 5.60 Å². The minimum absolute atomic E-state index is 0.0718. The van der Waals surface area contributed by atoms with Crippen molar-refractivity contribution < 1.29 is 18.8 Å². The molecule has 0 N–H and O–H groups in total. The average Bonchev–Trinajstić information content (AvgIpc) is 2.28. The van der Waals surface area contributed by atoms with Crippen molar-refractivity contribution in [2.45, 2.75) is 44.1 Å². The molecular formula is C14H24NO3S+. The third kappa shape index (κ3) is 4.99. The zero-order valence-corrected chi connectivity index (χ0v) is 12.9. The Balaban J connectivity index is 2.79. The molecule has 5 heteroatoms. The third-order valence-electron chi connectivity index (χ3n) is 3.26. The molecule has 4 nitrogen and oxygen atoms in total. The summed E-state index contributed by atoms with van der Waals surface area (Å²) in [6.45, 7) is 0.537. The lowest BCUT2D eigenvalue weighted by Crippen LogP contribution is -2.58. The molecule has 0 aliphatic carbocycles. The van der Waals surface area contributed by atoms with Gasteiger partial charge in [-0.3, -0.25) is 9.59 Å². The van der Waals surface area contributed by atoms with Crippen molar-refractivity contribution in [2.75, 3.05) is 27.7 Å². The SMILES string of the molecule is C[N+](C)(C)CC1(CCCCC=S)OC(=O)CCC1=O. The van der Waals surface area contributed by atoms with E-state index in [4.69, 9.17) is 17.0 Å². The second-order valence-corrected chi connectivity index (χ2v) is 6.59. The van der Waals surface area contributed by atoms with Gasteiger partial charge in [0.15, 0.2) is 5.78 Å². The minimum atomic E-state index is -0.922. The summed E-state index contributed by atoms with van der Waals surface area (Å²) in [7, 11) is 6.03. The van der Waals surface area contributed by atoms with E-state index in [1.807, 2.05) is 21.1 Å². The van der Waals surface area contributed by atoms with Crippen LogP contribution in [0, 0.1) is 0 Å². The van der Waals surface area contributed by atoms with Crippen molar-refractivity contribution in [2.24, 2.45) is 0 Å². The van der Waals surface area contributed by atoms with E-state index < -0.39 is 5.60 Å². The van der Waals surface area contributed by atoms with Crippen LogP contribution in [-0.4, -0.2) is 54.9 Å². The quantitative estimate of drug-likeness (QED) is 0.310. The molecule has 1 atom stereocenters. The van der Waals surface area contributed by atoms with Gasteiger partial charge in [-0.2, -0.15) is 0 Å². The van der Waals surface area contributed by atoms with Gasteiger partial charge in [0.25, 0.3) is 0 Å². The number of quaternary nitrogens is 1. The molecule has 0 radical (unpaired) electrons. The van der Waals surface area contributed by atoms with Crippen molar-refractivity contribution in [3.8, 4) is 0 Å². The van der Waals surface area contributed by atoms with Crippen molar-refractivity contribution in [1.82, 2.24) is 0 Å². The summed E-state index contributed by atoms with van der Waals surface area (Å²) in [6, 6.07) is 0. The predicted octanol–water partition coefficient (Wildman–Crippen LogP) is 1.90. The lowest BCUT2D eigenvalue weighted by molar-refractivity contribution is -0.875. The smallest absolute Gasteiger partial charge is 0.307 e. The normalized spacial score (nSPS) is 24.2. The molecule has 0 spiro atoms. The van der Waals surface area contributed by atoms with Crippen LogP contribution < -0.4 is 0 Å². The minimum Gasteiger partial charge on any atom is -0.445 e. The van der Waals surface area contributed by atoms with Crippen LogP contribution in [-0.2, 0) is 14.3 Å². The predicted molar refractivity (Wildman–Crippen MR) is 78.1 cm³/mol. The van der Waals surface area contributed by atoms with E-state index in [-0.39, 0.29) is 18.2 Å². The van der Waals surface area contributed by atoms with E-state index in [1.54, 1.807) is 5.37 Å². The van der Waals surface area contributed by atoms with E-state index in [0.29, 0.717) is 23.9 Å². The van der Waals surface area contributed by atoms with Crippen LogP contribution in [0.1, 0.15) is 38.5 Å². The van der Waals surface area contributed by atoms with Gasteiger partial charge >= 0.3 is 5.97 Å². The van der Waals surface area contributed by atoms with E-state index in [0.717, 1.165) is 19.3 Å². The summed E-state index contributed by atoms with van der Waals surface area (Å²) >= 11 is 4.80. The number of hydrogen-bond donors (Lipinski definition) is 0. The van der Waals surface area contributed by atoms with E-state index in [9.17, 15) is 9.59 Å². The first-order valence-corrected chi connectivity index (χ1v) is 7.25. The first kappa shape index (κ1) is 16.2. The van der Waals surface area contributed by atoms with E-state index >= 15 is 0 Å². The number of unbranched alkanes of at least 4 members (excludes halogenated alkanes) is 2. The summed E-state index contributed by atoms with van der Waals surface area (Å²) < 4.78 is 6.11. The van der Waals surface area contributed by atoms with Crippen LogP contribution in [0.5, 0.6) is 0 Å². The Morgan fingerprint density at radius 2 is 1.95 bits per heavy atom.